The van der Waals surface area contributed by atoms with Crippen molar-refractivity contribution in [2.75, 3.05) is 0 Å². The van der Waals surface area contributed by atoms with Crippen LogP contribution >= 0.6 is 0 Å². The van der Waals surface area contributed by atoms with Gasteiger partial charge in [0.05, 0.1) is 0 Å². The number of fused-ring (bicyclic) bond motifs is 6. The van der Waals surface area contributed by atoms with E-state index in [1.54, 1.807) is 0 Å². The van der Waals surface area contributed by atoms with Gasteiger partial charge in [-0.2, -0.15) is 0 Å². The average molecular weight is 547 g/mol. The molecule has 0 fully saturated rings. The van der Waals surface area contributed by atoms with Crippen LogP contribution in [0.2, 0.25) is 0 Å². The van der Waals surface area contributed by atoms with Crippen molar-refractivity contribution in [1.82, 2.24) is 0 Å². The summed E-state index contributed by atoms with van der Waals surface area (Å²) in [6.07, 6.45) is 0. The molecule has 0 amide bonds. The predicted octanol–water partition coefficient (Wildman–Crippen LogP) is 12.0. The van der Waals surface area contributed by atoms with E-state index in [-0.39, 0.29) is 0 Å². The Labute approximate surface area is 249 Å². The fraction of sp³-hybridized carbons (Fsp3) is 0. The molecule has 43 heavy (non-hydrogen) atoms. The van der Waals surface area contributed by atoms with Crippen LogP contribution in [0.25, 0.3) is 87.6 Å². The third-order valence-electron chi connectivity index (χ3n) is 8.88. The van der Waals surface area contributed by atoms with Crippen molar-refractivity contribution in [3.63, 3.8) is 0 Å². The molecule has 0 unspecified atom stereocenters. The number of rotatable bonds is 3. The van der Waals surface area contributed by atoms with Crippen molar-refractivity contribution in [2.24, 2.45) is 0 Å². The van der Waals surface area contributed by atoms with Crippen LogP contribution < -0.4 is 0 Å². The Kier molecular flexibility index (Phi) is 5.27. The summed E-state index contributed by atoms with van der Waals surface area (Å²) in [4.78, 5) is 0. The molecule has 0 bridgehead atoms. The van der Waals surface area contributed by atoms with E-state index in [9.17, 15) is 0 Å². The van der Waals surface area contributed by atoms with E-state index in [0.717, 1.165) is 16.6 Å². The molecule has 0 saturated carbocycles. The molecule has 0 radical (unpaired) electrons. The van der Waals surface area contributed by atoms with E-state index in [1.165, 1.54) is 71.1 Å². The normalized spacial score (nSPS) is 11.7. The number of furan rings is 1. The van der Waals surface area contributed by atoms with Crippen LogP contribution in [-0.4, -0.2) is 0 Å². The zero-order valence-corrected chi connectivity index (χ0v) is 23.4. The van der Waals surface area contributed by atoms with Crippen LogP contribution in [0.15, 0.2) is 162 Å². The minimum Gasteiger partial charge on any atom is -0.456 e. The molecular formula is C42H26O. The molecule has 0 atom stereocenters. The monoisotopic (exact) mass is 546 g/mol. The van der Waals surface area contributed by atoms with Crippen molar-refractivity contribution in [1.29, 1.82) is 0 Å². The predicted molar refractivity (Wildman–Crippen MR) is 183 cm³/mol. The largest absolute Gasteiger partial charge is 0.456 e. The van der Waals surface area contributed by atoms with E-state index >= 15 is 0 Å². The van der Waals surface area contributed by atoms with Crippen LogP contribution in [0, 0.1) is 0 Å². The lowest BCUT2D eigenvalue weighted by molar-refractivity contribution is 0.669. The number of hydrogen-bond acceptors (Lipinski definition) is 1. The Morgan fingerprint density at radius 2 is 0.744 bits per heavy atom. The van der Waals surface area contributed by atoms with Crippen LogP contribution in [0.3, 0.4) is 0 Å². The standard InChI is InChI=1S/C42H26O/c1-2-13-27(14-3-1)28-25-26-35(30-16-5-4-15-29(28)30)40-31-17-6-8-19-33(31)41(34-20-9-7-18-32(34)40)37-22-12-24-39-42(37)36-21-10-11-23-38(36)43-39/h1-26H. The molecule has 1 heteroatoms. The van der Waals surface area contributed by atoms with Crippen LogP contribution in [0.4, 0.5) is 0 Å². The van der Waals surface area contributed by atoms with Gasteiger partial charge in [0.25, 0.3) is 0 Å². The highest BCUT2D eigenvalue weighted by atomic mass is 16.3. The highest BCUT2D eigenvalue weighted by Crippen LogP contribution is 2.48. The SMILES string of the molecule is c1ccc(-c2ccc(-c3c4ccccc4c(-c4cccc5oc6ccccc6c45)c4ccccc34)c3ccccc23)cc1. The molecule has 0 aliphatic heterocycles. The van der Waals surface area contributed by atoms with Gasteiger partial charge in [-0.25, -0.2) is 0 Å². The third kappa shape index (κ3) is 3.58. The topological polar surface area (TPSA) is 13.1 Å². The molecule has 0 aliphatic rings. The van der Waals surface area contributed by atoms with Crippen molar-refractivity contribution in [3.05, 3.63) is 158 Å². The van der Waals surface area contributed by atoms with Gasteiger partial charge in [-0.05, 0) is 77.8 Å². The van der Waals surface area contributed by atoms with Gasteiger partial charge in [0.2, 0.25) is 0 Å². The molecule has 0 spiro atoms. The van der Waals surface area contributed by atoms with E-state index in [0.29, 0.717) is 0 Å². The summed E-state index contributed by atoms with van der Waals surface area (Å²) in [6, 6.07) is 56.7. The Bertz CT molecular complexity index is 2440. The lowest BCUT2D eigenvalue weighted by atomic mass is 9.83. The molecule has 1 heterocycles. The first-order chi connectivity index (χ1) is 21.4. The Balaban J connectivity index is 1.42. The first-order valence-electron chi connectivity index (χ1n) is 14.8. The molecule has 9 aromatic rings. The maximum absolute atomic E-state index is 6.33. The van der Waals surface area contributed by atoms with Gasteiger partial charge in [0.1, 0.15) is 11.2 Å². The summed E-state index contributed by atoms with van der Waals surface area (Å²) in [5.74, 6) is 0. The van der Waals surface area contributed by atoms with E-state index in [4.69, 9.17) is 4.42 Å². The average Bonchev–Trinajstić information content (AvgIpc) is 3.46. The highest BCUT2D eigenvalue weighted by Gasteiger charge is 2.21. The van der Waals surface area contributed by atoms with Crippen molar-refractivity contribution in [3.8, 4) is 33.4 Å². The highest BCUT2D eigenvalue weighted by molar-refractivity contribution is 6.27. The van der Waals surface area contributed by atoms with E-state index < -0.39 is 0 Å². The fourth-order valence-electron chi connectivity index (χ4n) is 7.08. The Morgan fingerprint density at radius 1 is 0.279 bits per heavy atom. The number of benzene rings is 8. The molecule has 0 saturated heterocycles. The maximum Gasteiger partial charge on any atom is 0.136 e. The zero-order chi connectivity index (χ0) is 28.3. The van der Waals surface area contributed by atoms with E-state index in [1.807, 2.05) is 6.07 Å². The maximum atomic E-state index is 6.33. The number of para-hydroxylation sites is 1. The van der Waals surface area contributed by atoms with Crippen molar-refractivity contribution in [2.45, 2.75) is 0 Å². The van der Waals surface area contributed by atoms with Gasteiger partial charge in [-0.1, -0.05) is 146 Å². The first kappa shape index (κ1) is 24.0. The summed E-state index contributed by atoms with van der Waals surface area (Å²) in [5.41, 5.74) is 9.29. The first-order valence-corrected chi connectivity index (χ1v) is 14.8. The molecule has 0 N–H and O–H groups in total. The molecule has 1 nitrogen and oxygen atoms in total. The summed E-state index contributed by atoms with van der Waals surface area (Å²) in [5, 5.41) is 9.81. The second kappa shape index (κ2) is 9.44. The van der Waals surface area contributed by atoms with Crippen molar-refractivity contribution >= 4 is 54.3 Å². The molecule has 9 rings (SSSR count). The summed E-state index contributed by atoms with van der Waals surface area (Å²) < 4.78 is 6.33. The summed E-state index contributed by atoms with van der Waals surface area (Å²) >= 11 is 0. The molecule has 200 valence electrons. The Morgan fingerprint density at radius 3 is 1.40 bits per heavy atom. The van der Waals surface area contributed by atoms with E-state index in [2.05, 4.69) is 152 Å². The fourth-order valence-corrected chi connectivity index (χ4v) is 7.08. The lowest BCUT2D eigenvalue weighted by Gasteiger charge is -2.20. The lowest BCUT2D eigenvalue weighted by Crippen LogP contribution is -1.92. The third-order valence-corrected chi connectivity index (χ3v) is 8.88. The van der Waals surface area contributed by atoms with Gasteiger partial charge in [0, 0.05) is 10.8 Å². The van der Waals surface area contributed by atoms with Crippen LogP contribution in [0.5, 0.6) is 0 Å². The van der Waals surface area contributed by atoms with Crippen LogP contribution in [0.1, 0.15) is 0 Å². The summed E-state index contributed by atoms with van der Waals surface area (Å²) in [7, 11) is 0. The smallest absolute Gasteiger partial charge is 0.136 e. The molecule has 0 aliphatic carbocycles. The minimum atomic E-state index is 0.915. The molecular weight excluding hydrogens is 520 g/mol. The zero-order valence-electron chi connectivity index (χ0n) is 23.4. The quantitative estimate of drug-likeness (QED) is 0.201. The van der Waals surface area contributed by atoms with Gasteiger partial charge in [0.15, 0.2) is 0 Å². The van der Waals surface area contributed by atoms with Crippen LogP contribution in [-0.2, 0) is 0 Å². The van der Waals surface area contributed by atoms with Gasteiger partial charge in [-0.3, -0.25) is 0 Å². The molecule has 8 aromatic carbocycles. The van der Waals surface area contributed by atoms with Gasteiger partial charge in [-0.15, -0.1) is 0 Å². The van der Waals surface area contributed by atoms with Crippen molar-refractivity contribution < 1.29 is 4.42 Å². The second-order valence-corrected chi connectivity index (χ2v) is 11.2. The Hall–Kier alpha value is -5.66. The van der Waals surface area contributed by atoms with Gasteiger partial charge < -0.3 is 4.42 Å². The van der Waals surface area contributed by atoms with Gasteiger partial charge >= 0.3 is 0 Å². The molecule has 1 aromatic heterocycles. The summed E-state index contributed by atoms with van der Waals surface area (Å²) in [6.45, 7) is 0. The number of hydrogen-bond donors (Lipinski definition) is 0. The second-order valence-electron chi connectivity index (χ2n) is 11.2. The minimum absolute atomic E-state index is 0.915.